The molecule has 0 aliphatic carbocycles. The summed E-state index contributed by atoms with van der Waals surface area (Å²) in [5.41, 5.74) is 0.820. The number of benzene rings is 1. The molecule has 2 aliphatic rings. The normalized spacial score (nSPS) is 20.9. The number of imide groups is 1. The van der Waals surface area contributed by atoms with Crippen LogP contribution in [0.15, 0.2) is 22.7 Å². The summed E-state index contributed by atoms with van der Waals surface area (Å²) in [4.78, 5) is 40.1. The smallest absolute Gasteiger partial charge is 0.261 e. The van der Waals surface area contributed by atoms with Crippen LogP contribution in [0.5, 0.6) is 0 Å². The number of amides is 3. The highest BCUT2D eigenvalue weighted by Crippen LogP contribution is 2.26. The molecule has 122 valence electrons. The van der Waals surface area contributed by atoms with Crippen molar-refractivity contribution >= 4 is 33.7 Å². The van der Waals surface area contributed by atoms with Crippen LogP contribution in [0, 0.1) is 0 Å². The number of halogens is 1. The van der Waals surface area contributed by atoms with E-state index < -0.39 is 0 Å². The highest BCUT2D eigenvalue weighted by molar-refractivity contribution is 9.10. The SMILES string of the molecule is C[C@@H]1CCCCN1C(=O)CCN1C(=O)c2ccc(Br)cc2C1=O. The standard InChI is InChI=1S/C17H19BrN2O3/c1-11-4-2-3-8-19(11)15(21)7-9-20-16(22)13-6-5-12(18)10-14(13)17(20)23/h5-6,10-11H,2-4,7-9H2,1H3/t11-/m1/s1. The van der Waals surface area contributed by atoms with Crippen molar-refractivity contribution in [3.05, 3.63) is 33.8 Å². The highest BCUT2D eigenvalue weighted by Gasteiger charge is 2.36. The minimum Gasteiger partial charge on any atom is -0.340 e. The first kappa shape index (κ1) is 16.2. The van der Waals surface area contributed by atoms with Crippen molar-refractivity contribution in [1.29, 1.82) is 0 Å². The third-order valence-electron chi connectivity index (χ3n) is 4.61. The van der Waals surface area contributed by atoms with E-state index in [9.17, 15) is 14.4 Å². The molecule has 1 atom stereocenters. The number of rotatable bonds is 3. The van der Waals surface area contributed by atoms with Gasteiger partial charge in [-0.3, -0.25) is 19.3 Å². The fourth-order valence-corrected chi connectivity index (χ4v) is 3.65. The maximum Gasteiger partial charge on any atom is 0.261 e. The Balaban J connectivity index is 1.66. The van der Waals surface area contributed by atoms with Gasteiger partial charge in [0.2, 0.25) is 5.91 Å². The Morgan fingerprint density at radius 2 is 1.96 bits per heavy atom. The third kappa shape index (κ3) is 3.04. The summed E-state index contributed by atoms with van der Waals surface area (Å²) in [6.07, 6.45) is 3.39. The summed E-state index contributed by atoms with van der Waals surface area (Å²) < 4.78 is 0.762. The molecule has 1 aromatic carbocycles. The highest BCUT2D eigenvalue weighted by atomic mass is 79.9. The van der Waals surface area contributed by atoms with E-state index in [0.29, 0.717) is 11.1 Å². The molecule has 5 nitrogen and oxygen atoms in total. The lowest BCUT2D eigenvalue weighted by atomic mass is 10.0. The summed E-state index contributed by atoms with van der Waals surface area (Å²) in [5.74, 6) is -0.599. The molecule has 0 unspecified atom stereocenters. The molecule has 0 spiro atoms. The zero-order chi connectivity index (χ0) is 16.6. The van der Waals surface area contributed by atoms with Crippen LogP contribution in [0.2, 0.25) is 0 Å². The van der Waals surface area contributed by atoms with Gasteiger partial charge in [0.05, 0.1) is 11.1 Å². The molecule has 3 rings (SSSR count). The Labute approximate surface area is 143 Å². The van der Waals surface area contributed by atoms with Crippen LogP contribution in [0.25, 0.3) is 0 Å². The van der Waals surface area contributed by atoms with Gasteiger partial charge in [0.25, 0.3) is 11.8 Å². The lowest BCUT2D eigenvalue weighted by molar-refractivity contribution is -0.134. The zero-order valence-electron chi connectivity index (χ0n) is 13.0. The van der Waals surface area contributed by atoms with Crippen LogP contribution in [0.1, 0.15) is 53.3 Å². The van der Waals surface area contributed by atoms with Gasteiger partial charge in [-0.15, -0.1) is 0 Å². The lowest BCUT2D eigenvalue weighted by Gasteiger charge is -2.33. The first-order valence-electron chi connectivity index (χ1n) is 7.94. The zero-order valence-corrected chi connectivity index (χ0v) is 14.6. The molecular weight excluding hydrogens is 360 g/mol. The van der Waals surface area contributed by atoms with Crippen LogP contribution >= 0.6 is 15.9 Å². The Kier molecular flexibility index (Phi) is 4.53. The largest absolute Gasteiger partial charge is 0.340 e. The Morgan fingerprint density at radius 1 is 1.22 bits per heavy atom. The van der Waals surface area contributed by atoms with E-state index in [0.717, 1.165) is 30.3 Å². The molecule has 0 radical (unpaired) electrons. The van der Waals surface area contributed by atoms with Gasteiger partial charge in [-0.2, -0.15) is 0 Å². The first-order chi connectivity index (χ1) is 11.0. The van der Waals surface area contributed by atoms with Crippen LogP contribution in [-0.4, -0.2) is 46.7 Å². The number of likely N-dealkylation sites (tertiary alicyclic amines) is 1. The molecule has 2 aliphatic heterocycles. The second kappa shape index (κ2) is 6.43. The topological polar surface area (TPSA) is 57.7 Å². The predicted molar refractivity (Wildman–Crippen MR) is 89.2 cm³/mol. The number of carbonyl (C=O) groups excluding carboxylic acids is 3. The molecule has 3 amide bonds. The van der Waals surface area contributed by atoms with Crippen LogP contribution < -0.4 is 0 Å². The second-order valence-electron chi connectivity index (χ2n) is 6.13. The Morgan fingerprint density at radius 3 is 2.70 bits per heavy atom. The molecule has 0 saturated carbocycles. The number of carbonyl (C=O) groups is 3. The number of nitrogens with zero attached hydrogens (tertiary/aromatic N) is 2. The monoisotopic (exact) mass is 378 g/mol. The van der Waals surface area contributed by atoms with Crippen LogP contribution in [-0.2, 0) is 4.79 Å². The molecule has 0 bridgehead atoms. The van der Waals surface area contributed by atoms with E-state index in [1.807, 2.05) is 4.90 Å². The van der Waals surface area contributed by atoms with Crippen molar-refractivity contribution in [2.24, 2.45) is 0 Å². The van der Waals surface area contributed by atoms with E-state index in [2.05, 4.69) is 22.9 Å². The average molecular weight is 379 g/mol. The van der Waals surface area contributed by atoms with Gasteiger partial charge in [0, 0.05) is 30.0 Å². The first-order valence-corrected chi connectivity index (χ1v) is 8.73. The van der Waals surface area contributed by atoms with Crippen molar-refractivity contribution in [1.82, 2.24) is 9.80 Å². The number of hydrogen-bond acceptors (Lipinski definition) is 3. The molecule has 1 fully saturated rings. The van der Waals surface area contributed by atoms with Crippen molar-refractivity contribution in [3.8, 4) is 0 Å². The van der Waals surface area contributed by atoms with Crippen molar-refractivity contribution in [3.63, 3.8) is 0 Å². The van der Waals surface area contributed by atoms with Gasteiger partial charge < -0.3 is 4.90 Å². The number of piperidine rings is 1. The summed E-state index contributed by atoms with van der Waals surface area (Å²) in [7, 11) is 0. The lowest BCUT2D eigenvalue weighted by Crippen LogP contribution is -2.43. The van der Waals surface area contributed by atoms with Crippen molar-refractivity contribution < 1.29 is 14.4 Å². The quantitative estimate of drug-likeness (QED) is 0.759. The van der Waals surface area contributed by atoms with E-state index in [1.165, 1.54) is 4.90 Å². The predicted octanol–water partition coefficient (Wildman–Crippen LogP) is 2.84. The second-order valence-corrected chi connectivity index (χ2v) is 7.05. The fourth-order valence-electron chi connectivity index (χ4n) is 3.29. The van der Waals surface area contributed by atoms with Crippen LogP contribution in [0.3, 0.4) is 0 Å². The fraction of sp³-hybridized carbons (Fsp3) is 0.471. The average Bonchev–Trinajstić information content (AvgIpc) is 2.76. The van der Waals surface area contributed by atoms with E-state index in [-0.39, 0.29) is 36.7 Å². The minimum atomic E-state index is -0.314. The van der Waals surface area contributed by atoms with Gasteiger partial charge in [0.1, 0.15) is 0 Å². The molecule has 1 saturated heterocycles. The van der Waals surface area contributed by atoms with Gasteiger partial charge >= 0.3 is 0 Å². The summed E-state index contributed by atoms with van der Waals surface area (Å²) in [5, 5.41) is 0. The molecule has 0 N–H and O–H groups in total. The molecule has 0 aromatic heterocycles. The van der Waals surface area contributed by atoms with Crippen LogP contribution in [0.4, 0.5) is 0 Å². The molecule has 23 heavy (non-hydrogen) atoms. The van der Waals surface area contributed by atoms with Gasteiger partial charge in [0.15, 0.2) is 0 Å². The molecule has 1 aromatic rings. The van der Waals surface area contributed by atoms with Gasteiger partial charge in [-0.05, 0) is 44.4 Å². The number of hydrogen-bond donors (Lipinski definition) is 0. The maximum absolute atomic E-state index is 12.4. The Hall–Kier alpha value is -1.69. The molecule has 6 heteroatoms. The summed E-state index contributed by atoms with van der Waals surface area (Å²) in [6.45, 7) is 2.97. The maximum atomic E-state index is 12.4. The summed E-state index contributed by atoms with van der Waals surface area (Å²) in [6, 6.07) is 5.29. The van der Waals surface area contributed by atoms with E-state index in [1.54, 1.807) is 18.2 Å². The third-order valence-corrected chi connectivity index (χ3v) is 5.10. The van der Waals surface area contributed by atoms with Gasteiger partial charge in [-0.25, -0.2) is 0 Å². The van der Waals surface area contributed by atoms with Crippen molar-refractivity contribution in [2.75, 3.05) is 13.1 Å². The van der Waals surface area contributed by atoms with E-state index >= 15 is 0 Å². The van der Waals surface area contributed by atoms with Gasteiger partial charge in [-0.1, -0.05) is 15.9 Å². The minimum absolute atomic E-state index is 0.0231. The summed E-state index contributed by atoms with van der Waals surface area (Å²) >= 11 is 3.31. The van der Waals surface area contributed by atoms with E-state index in [4.69, 9.17) is 0 Å². The number of fused-ring (bicyclic) bond motifs is 1. The van der Waals surface area contributed by atoms with Crippen molar-refractivity contribution in [2.45, 2.75) is 38.6 Å². The molecule has 2 heterocycles. The Bertz CT molecular complexity index is 674. The molecular formula is C17H19BrN2O3.